The lowest BCUT2D eigenvalue weighted by atomic mass is 10.1. The largest absolute Gasteiger partial charge is 0.462 e. The monoisotopic (exact) mass is 280 g/mol. The molecular weight excluding hydrogens is 260 g/mol. The molecule has 1 unspecified atom stereocenters. The van der Waals surface area contributed by atoms with Gasteiger partial charge in [-0.2, -0.15) is 0 Å². The first-order chi connectivity index (χ1) is 9.70. The maximum absolute atomic E-state index is 11.9. The zero-order valence-corrected chi connectivity index (χ0v) is 11.6. The standard InChI is InChI=1S/C14H20N2O4/c1-2-19-14(17)12-7-10(15)3-4-13(12)16-8-11-9-18-5-6-20-11/h3-4,7,11,16H,2,5-6,8-9,15H2,1H3. The number of esters is 1. The van der Waals surface area contributed by atoms with E-state index < -0.39 is 0 Å². The van der Waals surface area contributed by atoms with E-state index in [1.165, 1.54) is 0 Å². The zero-order valence-electron chi connectivity index (χ0n) is 11.6. The first-order valence-corrected chi connectivity index (χ1v) is 6.70. The van der Waals surface area contributed by atoms with Crippen LogP contribution in [0, 0.1) is 0 Å². The minimum atomic E-state index is -0.386. The molecule has 1 aromatic rings. The Balaban J connectivity index is 2.03. The summed E-state index contributed by atoms with van der Waals surface area (Å²) in [5.74, 6) is -0.386. The van der Waals surface area contributed by atoms with E-state index in [1.807, 2.05) is 0 Å². The van der Waals surface area contributed by atoms with E-state index in [1.54, 1.807) is 25.1 Å². The van der Waals surface area contributed by atoms with Gasteiger partial charge in [-0.15, -0.1) is 0 Å². The topological polar surface area (TPSA) is 82.8 Å². The predicted octanol–water partition coefficient (Wildman–Crippen LogP) is 1.27. The maximum Gasteiger partial charge on any atom is 0.340 e. The van der Waals surface area contributed by atoms with E-state index in [0.717, 1.165) is 0 Å². The molecule has 2 rings (SSSR count). The molecule has 1 aromatic carbocycles. The second kappa shape index (κ2) is 7.12. The van der Waals surface area contributed by atoms with Gasteiger partial charge in [-0.25, -0.2) is 4.79 Å². The van der Waals surface area contributed by atoms with E-state index >= 15 is 0 Å². The lowest BCUT2D eigenvalue weighted by molar-refractivity contribution is -0.0818. The van der Waals surface area contributed by atoms with Crippen LogP contribution in [0.2, 0.25) is 0 Å². The highest BCUT2D eigenvalue weighted by atomic mass is 16.6. The van der Waals surface area contributed by atoms with Crippen molar-refractivity contribution in [3.63, 3.8) is 0 Å². The Morgan fingerprint density at radius 1 is 1.50 bits per heavy atom. The molecule has 1 atom stereocenters. The minimum absolute atomic E-state index is 0.0173. The van der Waals surface area contributed by atoms with Crippen molar-refractivity contribution < 1.29 is 19.0 Å². The van der Waals surface area contributed by atoms with Crippen LogP contribution in [0.5, 0.6) is 0 Å². The summed E-state index contributed by atoms with van der Waals surface area (Å²) >= 11 is 0. The molecule has 3 N–H and O–H groups in total. The van der Waals surface area contributed by atoms with Crippen LogP contribution in [0.1, 0.15) is 17.3 Å². The highest BCUT2D eigenvalue weighted by molar-refractivity contribution is 5.96. The van der Waals surface area contributed by atoms with Gasteiger partial charge < -0.3 is 25.3 Å². The molecule has 0 saturated carbocycles. The van der Waals surface area contributed by atoms with Gasteiger partial charge in [0.15, 0.2) is 0 Å². The summed E-state index contributed by atoms with van der Waals surface area (Å²) in [6.45, 7) is 4.44. The normalized spacial score (nSPS) is 18.6. The zero-order chi connectivity index (χ0) is 14.4. The van der Waals surface area contributed by atoms with Crippen LogP contribution in [0.4, 0.5) is 11.4 Å². The first kappa shape index (κ1) is 14.6. The van der Waals surface area contributed by atoms with Crippen LogP contribution in [0.25, 0.3) is 0 Å². The number of hydrogen-bond donors (Lipinski definition) is 2. The molecule has 0 amide bonds. The minimum Gasteiger partial charge on any atom is -0.462 e. The highest BCUT2D eigenvalue weighted by Gasteiger charge is 2.17. The molecule has 6 nitrogen and oxygen atoms in total. The van der Waals surface area contributed by atoms with Crippen molar-refractivity contribution in [2.75, 3.05) is 44.0 Å². The third-order valence-corrected chi connectivity index (χ3v) is 2.94. The molecule has 0 bridgehead atoms. The van der Waals surface area contributed by atoms with Crippen molar-refractivity contribution in [3.05, 3.63) is 23.8 Å². The molecule has 0 aromatic heterocycles. The lowest BCUT2D eigenvalue weighted by Gasteiger charge is -2.24. The molecule has 1 saturated heterocycles. The second-order valence-corrected chi connectivity index (χ2v) is 4.47. The Kier molecular flexibility index (Phi) is 5.20. The van der Waals surface area contributed by atoms with Crippen LogP contribution in [0.15, 0.2) is 18.2 Å². The number of anilines is 2. The van der Waals surface area contributed by atoms with Crippen LogP contribution >= 0.6 is 0 Å². The summed E-state index contributed by atoms with van der Waals surface area (Å²) in [4.78, 5) is 11.9. The summed E-state index contributed by atoms with van der Waals surface area (Å²) < 4.78 is 15.9. The second-order valence-electron chi connectivity index (χ2n) is 4.47. The molecule has 1 aliphatic rings. The number of hydrogen-bond acceptors (Lipinski definition) is 6. The number of nitrogens with two attached hydrogens (primary N) is 1. The summed E-state index contributed by atoms with van der Waals surface area (Å²) in [5.41, 5.74) is 7.36. The number of nitrogens with one attached hydrogen (secondary N) is 1. The number of ether oxygens (including phenoxy) is 3. The molecule has 1 aliphatic heterocycles. The molecule has 20 heavy (non-hydrogen) atoms. The van der Waals surface area contributed by atoms with E-state index in [2.05, 4.69) is 5.32 Å². The van der Waals surface area contributed by atoms with Gasteiger partial charge in [0.25, 0.3) is 0 Å². The first-order valence-electron chi connectivity index (χ1n) is 6.70. The third kappa shape index (κ3) is 3.85. The maximum atomic E-state index is 11.9. The van der Waals surface area contributed by atoms with Gasteiger partial charge in [0.05, 0.1) is 38.1 Å². The number of carbonyl (C=O) groups excluding carboxylic acids is 1. The smallest absolute Gasteiger partial charge is 0.340 e. The molecule has 0 spiro atoms. The Morgan fingerprint density at radius 3 is 3.05 bits per heavy atom. The van der Waals surface area contributed by atoms with Crippen molar-refractivity contribution >= 4 is 17.3 Å². The predicted molar refractivity (Wildman–Crippen MR) is 75.9 cm³/mol. The van der Waals surface area contributed by atoms with E-state index in [0.29, 0.717) is 49.9 Å². The summed E-state index contributed by atoms with van der Waals surface area (Å²) in [7, 11) is 0. The van der Waals surface area contributed by atoms with Crippen LogP contribution in [0.3, 0.4) is 0 Å². The van der Waals surface area contributed by atoms with Gasteiger partial charge in [0.1, 0.15) is 0 Å². The number of rotatable bonds is 5. The van der Waals surface area contributed by atoms with E-state index in [9.17, 15) is 4.79 Å². The van der Waals surface area contributed by atoms with Gasteiger partial charge in [0.2, 0.25) is 0 Å². The number of benzene rings is 1. The Labute approximate surface area is 118 Å². The van der Waals surface area contributed by atoms with Crippen LogP contribution in [-0.2, 0) is 14.2 Å². The fourth-order valence-electron chi connectivity index (χ4n) is 1.97. The van der Waals surface area contributed by atoms with Crippen molar-refractivity contribution in [2.45, 2.75) is 13.0 Å². The van der Waals surface area contributed by atoms with E-state index in [-0.39, 0.29) is 12.1 Å². The van der Waals surface area contributed by atoms with Gasteiger partial charge in [-0.3, -0.25) is 0 Å². The van der Waals surface area contributed by atoms with Crippen molar-refractivity contribution in [1.82, 2.24) is 0 Å². The Morgan fingerprint density at radius 2 is 2.35 bits per heavy atom. The number of carbonyl (C=O) groups is 1. The quantitative estimate of drug-likeness (QED) is 0.624. The third-order valence-electron chi connectivity index (χ3n) is 2.94. The highest BCUT2D eigenvalue weighted by Crippen LogP contribution is 2.20. The fourth-order valence-corrected chi connectivity index (χ4v) is 1.97. The van der Waals surface area contributed by atoms with Crippen molar-refractivity contribution in [2.24, 2.45) is 0 Å². The summed E-state index contributed by atoms with van der Waals surface area (Å²) in [5, 5.41) is 3.19. The number of nitrogen functional groups attached to an aromatic ring is 1. The molecule has 6 heteroatoms. The van der Waals surface area contributed by atoms with Crippen LogP contribution in [-0.4, -0.2) is 45.0 Å². The average Bonchev–Trinajstić information content (AvgIpc) is 2.47. The fraction of sp³-hybridized carbons (Fsp3) is 0.500. The molecule has 110 valence electrons. The molecule has 1 heterocycles. The van der Waals surface area contributed by atoms with Gasteiger partial charge in [-0.05, 0) is 25.1 Å². The van der Waals surface area contributed by atoms with Gasteiger partial charge in [0, 0.05) is 17.9 Å². The summed E-state index contributed by atoms with van der Waals surface area (Å²) in [6, 6.07) is 5.12. The van der Waals surface area contributed by atoms with Gasteiger partial charge >= 0.3 is 5.97 Å². The SMILES string of the molecule is CCOC(=O)c1cc(N)ccc1NCC1COCCO1. The molecule has 0 radical (unpaired) electrons. The average molecular weight is 280 g/mol. The van der Waals surface area contributed by atoms with E-state index in [4.69, 9.17) is 19.9 Å². The molecule has 1 fully saturated rings. The van der Waals surface area contributed by atoms with Crippen LogP contribution < -0.4 is 11.1 Å². The summed E-state index contributed by atoms with van der Waals surface area (Å²) in [6.07, 6.45) is -0.0173. The van der Waals surface area contributed by atoms with Crippen molar-refractivity contribution in [3.8, 4) is 0 Å². The lowest BCUT2D eigenvalue weighted by Crippen LogP contribution is -2.34. The molecular formula is C14H20N2O4. The molecule has 0 aliphatic carbocycles. The van der Waals surface area contributed by atoms with Gasteiger partial charge in [-0.1, -0.05) is 0 Å². The van der Waals surface area contributed by atoms with Crippen molar-refractivity contribution in [1.29, 1.82) is 0 Å². The Hall–Kier alpha value is -1.79. The Bertz CT molecular complexity index is 458.